The van der Waals surface area contributed by atoms with Crippen molar-refractivity contribution in [1.29, 1.82) is 0 Å². The molecule has 0 radical (unpaired) electrons. The molecule has 220 valence electrons. The second kappa shape index (κ2) is 10.9. The number of aliphatic hydroxyl groups is 1. The van der Waals surface area contributed by atoms with Crippen molar-refractivity contribution < 1.29 is 19.4 Å². The second-order valence-corrected chi connectivity index (χ2v) is 15.0. The van der Waals surface area contributed by atoms with E-state index in [4.69, 9.17) is 9.47 Å². The van der Waals surface area contributed by atoms with Crippen LogP contribution in [0.1, 0.15) is 98.0 Å². The van der Waals surface area contributed by atoms with E-state index in [1.165, 1.54) is 49.7 Å². The van der Waals surface area contributed by atoms with E-state index in [9.17, 15) is 9.90 Å². The first kappa shape index (κ1) is 28.5. The smallest absolute Gasteiger partial charge is 0.302 e. The van der Waals surface area contributed by atoms with Crippen LogP contribution in [0.5, 0.6) is 0 Å². The lowest BCUT2D eigenvalue weighted by molar-refractivity contribution is -0.160. The van der Waals surface area contributed by atoms with Crippen molar-refractivity contribution in [2.24, 2.45) is 52.3 Å². The molecule has 1 N–H and O–H groups in total. The second-order valence-electron chi connectivity index (χ2n) is 15.0. The molecule has 4 heteroatoms. The summed E-state index contributed by atoms with van der Waals surface area (Å²) in [5, 5.41) is 9.89. The molecule has 4 nitrogen and oxygen atoms in total. The van der Waals surface area contributed by atoms with E-state index in [0.717, 1.165) is 37.0 Å². The van der Waals surface area contributed by atoms with Gasteiger partial charge < -0.3 is 14.6 Å². The van der Waals surface area contributed by atoms with Gasteiger partial charge in [0, 0.05) is 13.5 Å². The van der Waals surface area contributed by atoms with Crippen LogP contribution in [0.25, 0.3) is 6.08 Å². The summed E-state index contributed by atoms with van der Waals surface area (Å²) < 4.78 is 12.8. The number of aliphatic hydroxyl groups excluding tert-OH is 1. The molecular formula is C36H52O4. The molecule has 1 heterocycles. The van der Waals surface area contributed by atoms with Crippen LogP contribution in [0.3, 0.4) is 0 Å². The van der Waals surface area contributed by atoms with Crippen LogP contribution in [-0.2, 0) is 14.3 Å². The minimum absolute atomic E-state index is 0.117. The van der Waals surface area contributed by atoms with Crippen LogP contribution in [-0.4, -0.2) is 36.0 Å². The van der Waals surface area contributed by atoms with Crippen LogP contribution in [0.4, 0.5) is 0 Å². The Kier molecular flexibility index (Phi) is 7.74. The summed E-state index contributed by atoms with van der Waals surface area (Å²) in [5.74, 6) is 4.26. The molecule has 5 fully saturated rings. The van der Waals surface area contributed by atoms with Crippen molar-refractivity contribution in [3.8, 4) is 0 Å². The van der Waals surface area contributed by atoms with E-state index in [0.29, 0.717) is 34.7 Å². The van der Waals surface area contributed by atoms with Crippen molar-refractivity contribution in [3.63, 3.8) is 0 Å². The maximum absolute atomic E-state index is 11.6. The number of benzene rings is 1. The fourth-order valence-electron chi connectivity index (χ4n) is 11.1. The summed E-state index contributed by atoms with van der Waals surface area (Å²) in [7, 11) is 0. The number of carbonyl (C=O) groups is 1. The van der Waals surface area contributed by atoms with Gasteiger partial charge >= 0.3 is 5.97 Å². The van der Waals surface area contributed by atoms with Crippen molar-refractivity contribution >= 4 is 12.0 Å². The Hall–Kier alpha value is -1.65. The monoisotopic (exact) mass is 548 g/mol. The first-order valence-corrected chi connectivity index (χ1v) is 16.3. The van der Waals surface area contributed by atoms with E-state index in [2.05, 4.69) is 64.1 Å². The van der Waals surface area contributed by atoms with E-state index >= 15 is 0 Å². The van der Waals surface area contributed by atoms with Crippen molar-refractivity contribution in [1.82, 2.24) is 0 Å². The lowest BCUT2D eigenvalue weighted by atomic mass is 9.44. The van der Waals surface area contributed by atoms with E-state index in [1.54, 1.807) is 6.92 Å². The maximum atomic E-state index is 11.6. The van der Waals surface area contributed by atoms with Gasteiger partial charge in [0.25, 0.3) is 0 Å². The number of hydrogen-bond donors (Lipinski definition) is 1. The first-order chi connectivity index (χ1) is 19.1. The van der Waals surface area contributed by atoms with Gasteiger partial charge in [-0.05, 0) is 121 Å². The third-order valence-corrected chi connectivity index (χ3v) is 12.8. The zero-order chi connectivity index (χ0) is 28.2. The van der Waals surface area contributed by atoms with E-state index in [1.807, 2.05) is 0 Å². The Morgan fingerprint density at radius 3 is 2.55 bits per heavy atom. The van der Waals surface area contributed by atoms with Crippen molar-refractivity contribution in [3.05, 3.63) is 41.5 Å². The quantitative estimate of drug-likeness (QED) is 0.370. The highest BCUT2D eigenvalue weighted by atomic mass is 16.5. The Morgan fingerprint density at radius 2 is 1.82 bits per heavy atom. The molecule has 12 atom stereocenters. The third-order valence-electron chi connectivity index (χ3n) is 12.8. The summed E-state index contributed by atoms with van der Waals surface area (Å²) in [4.78, 5) is 11.6. The topological polar surface area (TPSA) is 55.8 Å². The predicted octanol–water partition coefficient (Wildman–Crippen LogP) is 7.69. The molecule has 6 rings (SSSR count). The standard InChI is InChI=1S/C36H52O4/c1-22(21-37)17-26(18-25-9-7-6-8-10-25)34-23(2)33-32(40-34)20-31-29-12-11-27-19-28(39-24(3)38)13-15-35(27,4)30(29)14-16-36(31,33)5/h6-10,18,22-23,27-34,37H,11-17,19-21H2,1-5H3/b26-18+/t22-,23+,27+,28+,29-,30+,31+,32+,33+,34+,35+,36+/m1/s1. The van der Waals surface area contributed by atoms with E-state index < -0.39 is 0 Å². The maximum Gasteiger partial charge on any atom is 0.302 e. The number of rotatable bonds is 6. The molecule has 0 spiro atoms. The van der Waals surface area contributed by atoms with Gasteiger partial charge in [-0.25, -0.2) is 0 Å². The fourth-order valence-corrected chi connectivity index (χ4v) is 11.1. The largest absolute Gasteiger partial charge is 0.463 e. The molecule has 0 bridgehead atoms. The van der Waals surface area contributed by atoms with Gasteiger partial charge in [-0.3, -0.25) is 4.79 Å². The van der Waals surface area contributed by atoms with Gasteiger partial charge in [0.2, 0.25) is 0 Å². The average Bonchev–Trinajstić information content (AvgIpc) is 3.42. The summed E-state index contributed by atoms with van der Waals surface area (Å²) in [6, 6.07) is 10.6. The Morgan fingerprint density at radius 1 is 1.07 bits per heavy atom. The molecule has 4 saturated carbocycles. The predicted molar refractivity (Wildman–Crippen MR) is 159 cm³/mol. The molecule has 0 unspecified atom stereocenters. The summed E-state index contributed by atoms with van der Waals surface area (Å²) in [6.07, 6.45) is 13.7. The molecule has 0 aromatic heterocycles. The fraction of sp³-hybridized carbons (Fsp3) is 0.750. The van der Waals surface area contributed by atoms with Gasteiger partial charge in [-0.2, -0.15) is 0 Å². The highest BCUT2D eigenvalue weighted by molar-refractivity contribution is 5.66. The Balaban J connectivity index is 1.21. The normalized spacial score (nSPS) is 45.1. The molecule has 1 aromatic carbocycles. The SMILES string of the molecule is CC(=O)O[C@H]1CC[C@@]2(C)[C@@H](CC[C@@H]3[C@@H]2CC[C@]2(C)[C@H]4[C@H](C)[C@@H](/C(=C/c5ccccc5)C[C@@H](C)CO)O[C@H]4C[C@@H]32)C1. The minimum atomic E-state index is -0.117. The van der Waals surface area contributed by atoms with Crippen LogP contribution < -0.4 is 0 Å². The average molecular weight is 549 g/mol. The highest BCUT2D eigenvalue weighted by Gasteiger charge is 2.66. The van der Waals surface area contributed by atoms with Gasteiger partial charge in [0.15, 0.2) is 0 Å². The summed E-state index contributed by atoms with van der Waals surface area (Å²) in [6.45, 7) is 11.6. The third kappa shape index (κ3) is 4.79. The van der Waals surface area contributed by atoms with Gasteiger partial charge in [0.1, 0.15) is 6.10 Å². The molecule has 1 saturated heterocycles. The number of carbonyl (C=O) groups excluding carboxylic acids is 1. The zero-order valence-corrected chi connectivity index (χ0v) is 25.5. The molecule has 0 amide bonds. The van der Waals surface area contributed by atoms with Crippen LogP contribution in [0.15, 0.2) is 35.9 Å². The van der Waals surface area contributed by atoms with Crippen molar-refractivity contribution in [2.45, 2.75) is 111 Å². The van der Waals surface area contributed by atoms with Crippen LogP contribution >= 0.6 is 0 Å². The molecule has 1 aliphatic heterocycles. The lowest BCUT2D eigenvalue weighted by Crippen LogP contribution is -2.54. The van der Waals surface area contributed by atoms with Gasteiger partial charge in [-0.15, -0.1) is 0 Å². The number of hydrogen-bond acceptors (Lipinski definition) is 4. The van der Waals surface area contributed by atoms with Crippen LogP contribution in [0.2, 0.25) is 0 Å². The minimum Gasteiger partial charge on any atom is -0.463 e. The Labute approximate surface area is 242 Å². The summed E-state index contributed by atoms with van der Waals surface area (Å²) in [5.41, 5.74) is 3.33. The van der Waals surface area contributed by atoms with Crippen molar-refractivity contribution in [2.75, 3.05) is 6.61 Å². The van der Waals surface area contributed by atoms with E-state index in [-0.39, 0.29) is 30.7 Å². The summed E-state index contributed by atoms with van der Waals surface area (Å²) >= 11 is 0. The molecule has 40 heavy (non-hydrogen) atoms. The molecule has 5 aliphatic rings. The zero-order valence-electron chi connectivity index (χ0n) is 25.5. The lowest BCUT2D eigenvalue weighted by Gasteiger charge is -2.61. The van der Waals surface area contributed by atoms with Gasteiger partial charge in [-0.1, -0.05) is 64.1 Å². The number of fused-ring (bicyclic) bond motifs is 7. The number of esters is 1. The molecular weight excluding hydrogens is 496 g/mol. The number of ether oxygens (including phenoxy) is 2. The highest BCUT2D eigenvalue weighted by Crippen LogP contribution is 2.70. The first-order valence-electron chi connectivity index (χ1n) is 16.3. The van der Waals surface area contributed by atoms with Gasteiger partial charge in [0.05, 0.1) is 12.2 Å². The molecule has 4 aliphatic carbocycles. The van der Waals surface area contributed by atoms with Crippen LogP contribution in [0, 0.1) is 52.3 Å². The molecule has 1 aromatic rings. The Bertz CT molecular complexity index is 1100.